The second kappa shape index (κ2) is 7.99. The Morgan fingerprint density at radius 3 is 3.11 bits per heavy atom. The third kappa shape index (κ3) is 4.06. The Morgan fingerprint density at radius 2 is 2.21 bits per heavy atom. The van der Waals surface area contributed by atoms with Crippen LogP contribution in [0.3, 0.4) is 0 Å². The summed E-state index contributed by atoms with van der Waals surface area (Å²) in [5.74, 6) is 1.09. The first-order valence-corrected chi connectivity index (χ1v) is 9.11. The second-order valence-electron chi connectivity index (χ2n) is 6.57. The molecule has 1 aromatic carbocycles. The molecule has 0 aliphatic heterocycles. The second-order valence-corrected chi connectivity index (χ2v) is 6.57. The van der Waals surface area contributed by atoms with Gasteiger partial charge in [0.1, 0.15) is 0 Å². The lowest BCUT2D eigenvalue weighted by Crippen LogP contribution is -2.23. The fourth-order valence-corrected chi connectivity index (χ4v) is 2.96. The van der Waals surface area contributed by atoms with E-state index < -0.39 is 0 Å². The lowest BCUT2D eigenvalue weighted by molar-refractivity contribution is -0.121. The van der Waals surface area contributed by atoms with Crippen molar-refractivity contribution >= 4 is 11.6 Å². The number of carbonyl (C=O) groups is 1. The molecule has 0 saturated carbocycles. The van der Waals surface area contributed by atoms with Crippen molar-refractivity contribution in [3.05, 3.63) is 66.2 Å². The molecule has 4 rings (SSSR count). The van der Waals surface area contributed by atoms with Gasteiger partial charge in [0.15, 0.2) is 5.65 Å². The average molecular weight is 376 g/mol. The molecule has 0 aliphatic rings. The molecule has 142 valence electrons. The summed E-state index contributed by atoms with van der Waals surface area (Å²) in [6.07, 6.45) is 8.52. The summed E-state index contributed by atoms with van der Waals surface area (Å²) in [5, 5.41) is 6.94. The van der Waals surface area contributed by atoms with E-state index in [1.54, 1.807) is 18.6 Å². The Bertz CT molecular complexity index is 1100. The maximum atomic E-state index is 12.1. The number of hydrogen-bond acceptors (Lipinski definition) is 6. The number of fused-ring (bicyclic) bond motifs is 1. The maximum absolute atomic E-state index is 12.1. The van der Waals surface area contributed by atoms with Gasteiger partial charge in [0, 0.05) is 30.8 Å². The lowest BCUT2D eigenvalue weighted by Gasteiger charge is -2.04. The fourth-order valence-electron chi connectivity index (χ4n) is 2.96. The summed E-state index contributed by atoms with van der Waals surface area (Å²) in [4.78, 5) is 24.8. The lowest BCUT2D eigenvalue weighted by atomic mass is 10.1. The number of nitrogens with zero attached hydrogens (tertiary/aromatic N) is 5. The monoisotopic (exact) mass is 376 g/mol. The molecule has 3 aromatic heterocycles. The SMILES string of the molecule is Cc1cccc(-c2noc(CCCC(=O)NCc3cnc4cnccn34)n2)c1. The van der Waals surface area contributed by atoms with Gasteiger partial charge in [-0.1, -0.05) is 28.9 Å². The number of amides is 1. The Balaban J connectivity index is 1.25. The molecule has 0 atom stereocenters. The van der Waals surface area contributed by atoms with Crippen molar-refractivity contribution in [2.45, 2.75) is 32.7 Å². The van der Waals surface area contributed by atoms with Gasteiger partial charge in [-0.15, -0.1) is 0 Å². The number of aromatic nitrogens is 5. The smallest absolute Gasteiger partial charge is 0.226 e. The van der Waals surface area contributed by atoms with E-state index in [1.807, 2.05) is 41.8 Å². The van der Waals surface area contributed by atoms with E-state index in [0.29, 0.717) is 37.5 Å². The molecule has 0 aliphatic carbocycles. The molecule has 3 heterocycles. The first-order chi connectivity index (χ1) is 13.7. The van der Waals surface area contributed by atoms with Gasteiger partial charge in [-0.25, -0.2) is 4.98 Å². The highest BCUT2D eigenvalue weighted by atomic mass is 16.5. The Morgan fingerprint density at radius 1 is 1.29 bits per heavy atom. The van der Waals surface area contributed by atoms with Crippen molar-refractivity contribution in [1.29, 1.82) is 0 Å². The predicted molar refractivity (Wildman–Crippen MR) is 102 cm³/mol. The summed E-state index contributed by atoms with van der Waals surface area (Å²) in [7, 11) is 0. The standard InChI is InChI=1S/C20H20N6O2/c1-14-4-2-5-15(10-14)20-24-19(28-25-20)7-3-6-18(27)23-12-16-11-22-17-13-21-8-9-26(16)17/h2,4-5,8-11,13H,3,6-7,12H2,1H3,(H,23,27). The number of imidazole rings is 1. The van der Waals surface area contributed by atoms with E-state index in [-0.39, 0.29) is 5.91 Å². The highest BCUT2D eigenvalue weighted by Crippen LogP contribution is 2.17. The predicted octanol–water partition coefficient (Wildman–Crippen LogP) is 2.73. The number of benzene rings is 1. The maximum Gasteiger partial charge on any atom is 0.226 e. The van der Waals surface area contributed by atoms with Gasteiger partial charge in [-0.3, -0.25) is 14.2 Å². The molecule has 1 amide bonds. The van der Waals surface area contributed by atoms with Crippen molar-refractivity contribution in [3.8, 4) is 11.4 Å². The van der Waals surface area contributed by atoms with Crippen molar-refractivity contribution in [3.63, 3.8) is 0 Å². The highest BCUT2D eigenvalue weighted by molar-refractivity contribution is 5.75. The molecule has 8 heteroatoms. The Labute approximate surface area is 161 Å². The third-order valence-electron chi connectivity index (χ3n) is 4.40. The first-order valence-electron chi connectivity index (χ1n) is 9.11. The van der Waals surface area contributed by atoms with Gasteiger partial charge in [0.05, 0.1) is 24.6 Å². The van der Waals surface area contributed by atoms with E-state index in [1.165, 1.54) is 0 Å². The molecule has 0 fully saturated rings. The molecular formula is C20H20N6O2. The van der Waals surface area contributed by atoms with E-state index >= 15 is 0 Å². The van der Waals surface area contributed by atoms with Crippen LogP contribution in [0.15, 0.2) is 53.6 Å². The molecule has 0 spiro atoms. The summed E-state index contributed by atoms with van der Waals surface area (Å²) < 4.78 is 7.20. The van der Waals surface area contributed by atoms with Crippen LogP contribution in [0, 0.1) is 6.92 Å². The molecule has 28 heavy (non-hydrogen) atoms. The minimum absolute atomic E-state index is 0.0255. The Kier molecular flexibility index (Phi) is 5.09. The third-order valence-corrected chi connectivity index (χ3v) is 4.40. The largest absolute Gasteiger partial charge is 0.350 e. The van der Waals surface area contributed by atoms with Crippen LogP contribution < -0.4 is 5.32 Å². The molecule has 8 nitrogen and oxygen atoms in total. The van der Waals surface area contributed by atoms with Crippen molar-refractivity contribution < 1.29 is 9.32 Å². The van der Waals surface area contributed by atoms with E-state index in [4.69, 9.17) is 4.52 Å². The van der Waals surface area contributed by atoms with Crippen LogP contribution >= 0.6 is 0 Å². The summed E-state index contributed by atoms with van der Waals surface area (Å²) in [6, 6.07) is 7.95. The molecule has 0 radical (unpaired) electrons. The molecule has 0 bridgehead atoms. The van der Waals surface area contributed by atoms with Crippen LogP contribution in [0.5, 0.6) is 0 Å². The van der Waals surface area contributed by atoms with E-state index in [2.05, 4.69) is 25.4 Å². The van der Waals surface area contributed by atoms with E-state index in [0.717, 1.165) is 22.5 Å². The van der Waals surface area contributed by atoms with Gasteiger partial charge in [0.2, 0.25) is 17.6 Å². The number of aryl methyl sites for hydroxylation is 2. The fraction of sp³-hybridized carbons (Fsp3) is 0.250. The Hall–Kier alpha value is -3.55. The zero-order chi connectivity index (χ0) is 19.3. The quantitative estimate of drug-likeness (QED) is 0.532. The number of carbonyl (C=O) groups excluding carboxylic acids is 1. The minimum Gasteiger partial charge on any atom is -0.350 e. The summed E-state index contributed by atoms with van der Waals surface area (Å²) in [6.45, 7) is 2.44. The van der Waals surface area contributed by atoms with E-state index in [9.17, 15) is 4.79 Å². The zero-order valence-electron chi connectivity index (χ0n) is 15.5. The number of hydrogen-bond donors (Lipinski definition) is 1. The molecule has 4 aromatic rings. The van der Waals surface area contributed by atoms with Crippen LogP contribution in [0.2, 0.25) is 0 Å². The van der Waals surface area contributed by atoms with Gasteiger partial charge in [-0.2, -0.15) is 4.98 Å². The van der Waals surface area contributed by atoms with Gasteiger partial charge >= 0.3 is 0 Å². The highest BCUT2D eigenvalue weighted by Gasteiger charge is 2.10. The van der Waals surface area contributed by atoms with Gasteiger partial charge in [-0.05, 0) is 19.4 Å². The summed E-state index contributed by atoms with van der Waals surface area (Å²) >= 11 is 0. The molecule has 0 unspecified atom stereocenters. The number of nitrogens with one attached hydrogen (secondary N) is 1. The number of rotatable bonds is 7. The molecule has 1 N–H and O–H groups in total. The van der Waals surface area contributed by atoms with Crippen LogP contribution in [-0.2, 0) is 17.8 Å². The van der Waals surface area contributed by atoms with Crippen LogP contribution in [0.25, 0.3) is 17.0 Å². The zero-order valence-corrected chi connectivity index (χ0v) is 15.5. The van der Waals surface area contributed by atoms with Crippen LogP contribution in [0.1, 0.15) is 30.0 Å². The van der Waals surface area contributed by atoms with Crippen LogP contribution in [0.4, 0.5) is 0 Å². The van der Waals surface area contributed by atoms with Crippen molar-refractivity contribution in [2.75, 3.05) is 0 Å². The summed E-state index contributed by atoms with van der Waals surface area (Å²) in [5.41, 5.74) is 3.73. The normalized spacial score (nSPS) is 11.0. The van der Waals surface area contributed by atoms with Gasteiger partial charge < -0.3 is 9.84 Å². The van der Waals surface area contributed by atoms with Gasteiger partial charge in [0.25, 0.3) is 0 Å². The van der Waals surface area contributed by atoms with Crippen LogP contribution in [-0.4, -0.2) is 30.4 Å². The minimum atomic E-state index is -0.0255. The van der Waals surface area contributed by atoms with Crippen molar-refractivity contribution in [2.24, 2.45) is 0 Å². The first kappa shape index (κ1) is 17.8. The topological polar surface area (TPSA) is 98.2 Å². The molecular weight excluding hydrogens is 356 g/mol. The van der Waals surface area contributed by atoms with Crippen molar-refractivity contribution in [1.82, 2.24) is 29.8 Å². The molecule has 0 saturated heterocycles. The average Bonchev–Trinajstić information content (AvgIpc) is 3.34.